The van der Waals surface area contributed by atoms with E-state index in [1.807, 2.05) is 12.1 Å². The van der Waals surface area contributed by atoms with Crippen LogP contribution < -0.4 is 10.1 Å². The first kappa shape index (κ1) is 14.5. The largest absolute Gasteiger partial charge is 0.495 e. The molecule has 0 amide bonds. The molecule has 4 heteroatoms. The lowest BCUT2D eigenvalue weighted by atomic mass is 10.1. The van der Waals surface area contributed by atoms with Gasteiger partial charge in [0.1, 0.15) is 11.8 Å². The number of methoxy groups -OCH3 is 1. The minimum Gasteiger partial charge on any atom is -0.495 e. The molecule has 0 bridgehead atoms. The summed E-state index contributed by atoms with van der Waals surface area (Å²) in [6.07, 6.45) is 2.97. The van der Waals surface area contributed by atoms with Crippen molar-refractivity contribution in [2.24, 2.45) is 0 Å². The Morgan fingerprint density at radius 2 is 2.17 bits per heavy atom. The molecular formula is C14H20N2O2. The Morgan fingerprint density at radius 1 is 1.33 bits per heavy atom. The van der Waals surface area contributed by atoms with Crippen molar-refractivity contribution in [2.75, 3.05) is 20.3 Å². The number of nitrogens with zero attached hydrogens (tertiary/aromatic N) is 1. The fraction of sp³-hybridized carbons (Fsp3) is 0.500. The van der Waals surface area contributed by atoms with Crippen LogP contribution in [0.15, 0.2) is 18.2 Å². The predicted molar refractivity (Wildman–Crippen MR) is 70.4 cm³/mol. The number of unbranched alkanes of at least 4 members (excludes halogenated alkanes) is 2. The molecule has 0 aromatic heterocycles. The summed E-state index contributed by atoms with van der Waals surface area (Å²) < 4.78 is 5.16. The third kappa shape index (κ3) is 4.74. The lowest BCUT2D eigenvalue weighted by molar-refractivity contribution is 0.283. The van der Waals surface area contributed by atoms with E-state index in [4.69, 9.17) is 15.1 Å². The standard InChI is InChI=1S/C14H20N2O2/c1-18-14-9-12(5-6-13(14)10-15)11-16-7-3-2-4-8-17/h5-6,9,16-17H,2-4,7-8,11H2,1H3. The van der Waals surface area contributed by atoms with Crippen molar-refractivity contribution in [1.29, 1.82) is 5.26 Å². The normalized spacial score (nSPS) is 10.1. The van der Waals surface area contributed by atoms with Crippen LogP contribution in [0.5, 0.6) is 5.75 Å². The van der Waals surface area contributed by atoms with Crippen LogP contribution >= 0.6 is 0 Å². The molecule has 0 aliphatic heterocycles. The summed E-state index contributed by atoms with van der Waals surface area (Å²) in [5.41, 5.74) is 1.66. The van der Waals surface area contributed by atoms with Gasteiger partial charge in [-0.2, -0.15) is 5.26 Å². The summed E-state index contributed by atoms with van der Waals surface area (Å²) in [5.74, 6) is 0.622. The van der Waals surface area contributed by atoms with E-state index in [9.17, 15) is 0 Å². The van der Waals surface area contributed by atoms with Gasteiger partial charge in [0.25, 0.3) is 0 Å². The fourth-order valence-corrected chi connectivity index (χ4v) is 1.71. The minimum absolute atomic E-state index is 0.271. The Labute approximate surface area is 108 Å². The fourth-order valence-electron chi connectivity index (χ4n) is 1.71. The number of benzene rings is 1. The highest BCUT2D eigenvalue weighted by Crippen LogP contribution is 2.18. The quantitative estimate of drug-likeness (QED) is 0.689. The molecule has 4 nitrogen and oxygen atoms in total. The van der Waals surface area contributed by atoms with E-state index >= 15 is 0 Å². The summed E-state index contributed by atoms with van der Waals surface area (Å²) in [7, 11) is 1.57. The highest BCUT2D eigenvalue weighted by Gasteiger charge is 2.03. The van der Waals surface area contributed by atoms with Crippen LogP contribution in [0.3, 0.4) is 0 Å². The Morgan fingerprint density at radius 3 is 2.83 bits per heavy atom. The molecule has 0 saturated heterocycles. The van der Waals surface area contributed by atoms with Gasteiger partial charge in [-0.15, -0.1) is 0 Å². The van der Waals surface area contributed by atoms with Crippen molar-refractivity contribution in [3.8, 4) is 11.8 Å². The zero-order chi connectivity index (χ0) is 13.2. The molecule has 2 N–H and O–H groups in total. The molecule has 0 unspecified atom stereocenters. The van der Waals surface area contributed by atoms with E-state index in [-0.39, 0.29) is 6.61 Å². The average Bonchev–Trinajstić information content (AvgIpc) is 2.42. The molecule has 1 aromatic carbocycles. The van der Waals surface area contributed by atoms with E-state index in [1.54, 1.807) is 13.2 Å². The number of aliphatic hydroxyl groups is 1. The van der Waals surface area contributed by atoms with Gasteiger partial charge in [-0.05, 0) is 43.5 Å². The summed E-state index contributed by atoms with van der Waals surface area (Å²) in [6.45, 7) is 1.97. The van der Waals surface area contributed by atoms with Crippen molar-refractivity contribution < 1.29 is 9.84 Å². The molecule has 0 radical (unpaired) electrons. The summed E-state index contributed by atoms with van der Waals surface area (Å²) >= 11 is 0. The summed E-state index contributed by atoms with van der Waals surface area (Å²) in [5, 5.41) is 20.8. The van der Waals surface area contributed by atoms with E-state index < -0.39 is 0 Å². The number of nitriles is 1. The van der Waals surface area contributed by atoms with Crippen LogP contribution in [0.4, 0.5) is 0 Å². The zero-order valence-electron chi connectivity index (χ0n) is 10.8. The molecule has 0 atom stereocenters. The topological polar surface area (TPSA) is 65.3 Å². The van der Waals surface area contributed by atoms with Gasteiger partial charge >= 0.3 is 0 Å². The number of aliphatic hydroxyl groups excluding tert-OH is 1. The van der Waals surface area contributed by atoms with Crippen LogP contribution in [0, 0.1) is 11.3 Å². The molecule has 0 heterocycles. The number of ether oxygens (including phenoxy) is 1. The van der Waals surface area contributed by atoms with Gasteiger partial charge in [0.15, 0.2) is 0 Å². The first-order chi connectivity index (χ1) is 8.81. The predicted octanol–water partition coefficient (Wildman–Crippen LogP) is 1.82. The van der Waals surface area contributed by atoms with Gasteiger partial charge < -0.3 is 15.2 Å². The van der Waals surface area contributed by atoms with Crippen molar-refractivity contribution in [1.82, 2.24) is 5.32 Å². The maximum Gasteiger partial charge on any atom is 0.136 e. The second kappa shape index (κ2) is 8.51. The second-order valence-corrected chi connectivity index (χ2v) is 4.11. The van der Waals surface area contributed by atoms with Gasteiger partial charge in [-0.3, -0.25) is 0 Å². The van der Waals surface area contributed by atoms with Crippen LogP contribution in [-0.4, -0.2) is 25.4 Å². The maximum absolute atomic E-state index is 8.87. The van der Waals surface area contributed by atoms with Crippen LogP contribution in [0.1, 0.15) is 30.4 Å². The van der Waals surface area contributed by atoms with E-state index in [0.29, 0.717) is 11.3 Å². The second-order valence-electron chi connectivity index (χ2n) is 4.11. The first-order valence-corrected chi connectivity index (χ1v) is 6.20. The zero-order valence-corrected chi connectivity index (χ0v) is 10.8. The van der Waals surface area contributed by atoms with Crippen molar-refractivity contribution in [3.05, 3.63) is 29.3 Å². The Balaban J connectivity index is 2.37. The molecule has 0 spiro atoms. The molecule has 0 aliphatic rings. The number of hydrogen-bond donors (Lipinski definition) is 2. The van der Waals surface area contributed by atoms with Gasteiger partial charge in [-0.25, -0.2) is 0 Å². The smallest absolute Gasteiger partial charge is 0.136 e. The molecule has 18 heavy (non-hydrogen) atoms. The highest BCUT2D eigenvalue weighted by molar-refractivity contribution is 5.45. The van der Waals surface area contributed by atoms with Crippen molar-refractivity contribution in [3.63, 3.8) is 0 Å². The molecule has 0 fully saturated rings. The number of nitrogens with one attached hydrogen (secondary N) is 1. The third-order valence-electron chi connectivity index (χ3n) is 2.73. The van der Waals surface area contributed by atoms with Gasteiger partial charge in [0.05, 0.1) is 12.7 Å². The SMILES string of the molecule is COc1cc(CNCCCCCO)ccc1C#N. The number of rotatable bonds is 8. The van der Waals surface area contributed by atoms with E-state index in [2.05, 4.69) is 11.4 Å². The highest BCUT2D eigenvalue weighted by atomic mass is 16.5. The number of hydrogen-bond acceptors (Lipinski definition) is 4. The molecule has 1 aromatic rings. The van der Waals surface area contributed by atoms with E-state index in [0.717, 1.165) is 37.9 Å². The van der Waals surface area contributed by atoms with E-state index in [1.165, 1.54) is 0 Å². The lowest BCUT2D eigenvalue weighted by Crippen LogP contribution is -2.14. The summed E-state index contributed by atoms with van der Waals surface area (Å²) in [4.78, 5) is 0. The Hall–Kier alpha value is -1.57. The first-order valence-electron chi connectivity index (χ1n) is 6.20. The molecule has 1 rings (SSSR count). The molecular weight excluding hydrogens is 228 g/mol. The van der Waals surface area contributed by atoms with Crippen molar-refractivity contribution in [2.45, 2.75) is 25.8 Å². The van der Waals surface area contributed by atoms with Gasteiger partial charge in [0, 0.05) is 13.2 Å². The lowest BCUT2D eigenvalue weighted by Gasteiger charge is -2.07. The Bertz CT molecular complexity index is 399. The summed E-state index contributed by atoms with van der Waals surface area (Å²) in [6, 6.07) is 7.69. The van der Waals surface area contributed by atoms with Crippen molar-refractivity contribution >= 4 is 0 Å². The molecule has 98 valence electrons. The molecule has 0 saturated carbocycles. The Kier molecular flexibility index (Phi) is 6.85. The average molecular weight is 248 g/mol. The molecule has 0 aliphatic carbocycles. The van der Waals surface area contributed by atoms with Gasteiger partial charge in [-0.1, -0.05) is 6.07 Å². The van der Waals surface area contributed by atoms with Crippen LogP contribution in [-0.2, 0) is 6.54 Å². The maximum atomic E-state index is 8.87. The third-order valence-corrected chi connectivity index (χ3v) is 2.73. The monoisotopic (exact) mass is 248 g/mol. The van der Waals surface area contributed by atoms with Crippen LogP contribution in [0.25, 0.3) is 0 Å². The minimum atomic E-state index is 0.271. The van der Waals surface area contributed by atoms with Crippen LogP contribution in [0.2, 0.25) is 0 Å². The van der Waals surface area contributed by atoms with Gasteiger partial charge in [0.2, 0.25) is 0 Å².